The van der Waals surface area contributed by atoms with Crippen LogP contribution in [-0.2, 0) is 12.8 Å². The van der Waals surface area contributed by atoms with Crippen molar-refractivity contribution in [1.29, 1.82) is 0 Å². The van der Waals surface area contributed by atoms with Gasteiger partial charge in [0.15, 0.2) is 0 Å². The van der Waals surface area contributed by atoms with Crippen LogP contribution in [0.1, 0.15) is 11.1 Å². The summed E-state index contributed by atoms with van der Waals surface area (Å²) in [5.41, 5.74) is -0.379. The minimum atomic E-state index is -4.44. The fourth-order valence-corrected chi connectivity index (χ4v) is 2.63. The normalized spacial score (nSPS) is 12.2. The third-order valence-electron chi connectivity index (χ3n) is 3.46. The second-order valence-corrected chi connectivity index (χ2v) is 4.64. The summed E-state index contributed by atoms with van der Waals surface area (Å²) in [5, 5.41) is 11.6. The molecular formula is C16H11F3O. The topological polar surface area (TPSA) is 20.2 Å². The summed E-state index contributed by atoms with van der Waals surface area (Å²) in [6.45, 7) is -0.426. The number of hydrogen-bond acceptors (Lipinski definition) is 1. The number of aliphatic hydroxyl groups is 1. The summed E-state index contributed by atoms with van der Waals surface area (Å²) >= 11 is 0. The van der Waals surface area contributed by atoms with Crippen molar-refractivity contribution in [2.45, 2.75) is 12.8 Å². The van der Waals surface area contributed by atoms with Crippen molar-refractivity contribution in [3.8, 4) is 0 Å². The van der Waals surface area contributed by atoms with Gasteiger partial charge in [0.2, 0.25) is 0 Å². The Morgan fingerprint density at radius 2 is 1.60 bits per heavy atom. The Labute approximate surface area is 113 Å². The maximum absolute atomic E-state index is 13.2. The lowest BCUT2D eigenvalue weighted by atomic mass is 9.93. The molecular weight excluding hydrogens is 265 g/mol. The van der Waals surface area contributed by atoms with Crippen LogP contribution in [0.5, 0.6) is 0 Å². The summed E-state index contributed by atoms with van der Waals surface area (Å²) in [7, 11) is 0. The van der Waals surface area contributed by atoms with Gasteiger partial charge in [0.25, 0.3) is 0 Å². The zero-order valence-corrected chi connectivity index (χ0v) is 10.4. The second kappa shape index (κ2) is 4.49. The molecule has 1 N–H and O–H groups in total. The molecule has 0 aliphatic rings. The van der Waals surface area contributed by atoms with Gasteiger partial charge in [-0.2, -0.15) is 13.2 Å². The van der Waals surface area contributed by atoms with Gasteiger partial charge in [0.05, 0.1) is 12.2 Å². The molecule has 0 aliphatic heterocycles. The van der Waals surface area contributed by atoms with E-state index in [2.05, 4.69) is 0 Å². The number of fused-ring (bicyclic) bond motifs is 2. The van der Waals surface area contributed by atoms with E-state index in [-0.39, 0.29) is 5.39 Å². The molecule has 0 saturated carbocycles. The molecule has 4 heteroatoms. The van der Waals surface area contributed by atoms with E-state index >= 15 is 0 Å². The number of alkyl halides is 3. The minimum absolute atomic E-state index is 0.0844. The largest absolute Gasteiger partial charge is 0.417 e. The predicted octanol–water partition coefficient (Wildman–Crippen LogP) is 4.50. The Balaban J connectivity index is 2.54. The predicted molar refractivity (Wildman–Crippen MR) is 72.4 cm³/mol. The number of hydrogen-bond donors (Lipinski definition) is 1. The van der Waals surface area contributed by atoms with E-state index in [1.807, 2.05) is 12.1 Å². The van der Waals surface area contributed by atoms with Gasteiger partial charge in [0, 0.05) is 0 Å². The van der Waals surface area contributed by atoms with Crippen LogP contribution in [0, 0.1) is 0 Å². The molecule has 0 aromatic heterocycles. The maximum Gasteiger partial charge on any atom is 0.417 e. The van der Waals surface area contributed by atoms with Crippen molar-refractivity contribution in [3.63, 3.8) is 0 Å². The Bertz CT molecular complexity index is 791. The van der Waals surface area contributed by atoms with E-state index in [9.17, 15) is 18.3 Å². The first kappa shape index (κ1) is 12.9. The van der Waals surface area contributed by atoms with Gasteiger partial charge in [-0.25, -0.2) is 0 Å². The van der Waals surface area contributed by atoms with Crippen LogP contribution in [0.4, 0.5) is 13.2 Å². The van der Waals surface area contributed by atoms with Crippen LogP contribution >= 0.6 is 0 Å². The summed E-state index contributed by atoms with van der Waals surface area (Å²) in [4.78, 5) is 0. The van der Waals surface area contributed by atoms with Gasteiger partial charge >= 0.3 is 6.18 Å². The number of halogens is 3. The molecule has 3 aromatic rings. The lowest BCUT2D eigenvalue weighted by molar-refractivity contribution is -0.136. The summed E-state index contributed by atoms with van der Waals surface area (Å²) in [5.74, 6) is 0. The highest BCUT2D eigenvalue weighted by Gasteiger charge is 2.33. The second-order valence-electron chi connectivity index (χ2n) is 4.64. The molecule has 3 aromatic carbocycles. The van der Waals surface area contributed by atoms with Crippen LogP contribution in [0.2, 0.25) is 0 Å². The van der Waals surface area contributed by atoms with Crippen molar-refractivity contribution in [3.05, 3.63) is 59.7 Å². The number of aliphatic hydroxyl groups excluding tert-OH is 1. The van der Waals surface area contributed by atoms with E-state index in [4.69, 9.17) is 0 Å². The summed E-state index contributed by atoms with van der Waals surface area (Å²) in [6.07, 6.45) is -4.44. The van der Waals surface area contributed by atoms with Crippen LogP contribution < -0.4 is 0 Å². The number of benzene rings is 3. The van der Waals surface area contributed by atoms with Crippen molar-refractivity contribution in [1.82, 2.24) is 0 Å². The smallest absolute Gasteiger partial charge is 0.392 e. The molecule has 0 saturated heterocycles. The van der Waals surface area contributed by atoms with Gasteiger partial charge in [0.1, 0.15) is 0 Å². The molecule has 20 heavy (non-hydrogen) atoms. The fraction of sp³-hybridized carbons (Fsp3) is 0.125. The zero-order chi connectivity index (χ0) is 14.3. The van der Waals surface area contributed by atoms with Gasteiger partial charge < -0.3 is 5.11 Å². The molecule has 0 atom stereocenters. The van der Waals surface area contributed by atoms with Gasteiger partial charge in [-0.15, -0.1) is 0 Å². The Morgan fingerprint density at radius 1 is 0.900 bits per heavy atom. The quantitative estimate of drug-likeness (QED) is 0.649. The molecule has 0 bridgehead atoms. The molecule has 0 spiro atoms. The van der Waals surface area contributed by atoms with Crippen molar-refractivity contribution < 1.29 is 18.3 Å². The van der Waals surface area contributed by atoms with E-state index in [0.29, 0.717) is 16.3 Å². The fourth-order valence-electron chi connectivity index (χ4n) is 2.63. The first-order valence-corrected chi connectivity index (χ1v) is 6.14. The standard InChI is InChI=1S/C16H11F3O/c17-16(18,19)14-7-3-5-11-8-10-4-1-2-6-12(10)13(9-20)15(11)14/h1-8,20H,9H2. The average Bonchev–Trinajstić information content (AvgIpc) is 2.43. The highest BCUT2D eigenvalue weighted by Crippen LogP contribution is 2.38. The lowest BCUT2D eigenvalue weighted by Gasteiger charge is -2.15. The molecule has 0 radical (unpaired) electrons. The molecule has 0 amide bonds. The van der Waals surface area contributed by atoms with E-state index in [1.54, 1.807) is 24.3 Å². The first-order valence-electron chi connectivity index (χ1n) is 6.14. The Morgan fingerprint density at radius 3 is 2.30 bits per heavy atom. The van der Waals surface area contributed by atoms with Gasteiger partial charge in [-0.05, 0) is 39.2 Å². The van der Waals surface area contributed by atoms with Crippen LogP contribution in [0.3, 0.4) is 0 Å². The third-order valence-corrected chi connectivity index (χ3v) is 3.46. The third kappa shape index (κ3) is 1.93. The van der Waals surface area contributed by atoms with Crippen LogP contribution in [-0.4, -0.2) is 5.11 Å². The molecule has 0 unspecified atom stereocenters. The monoisotopic (exact) mass is 276 g/mol. The minimum Gasteiger partial charge on any atom is -0.392 e. The molecule has 0 aliphatic carbocycles. The summed E-state index contributed by atoms with van der Waals surface area (Å²) in [6, 6.07) is 12.9. The Kier molecular flexibility index (Phi) is 2.91. The van der Waals surface area contributed by atoms with Crippen LogP contribution in [0.25, 0.3) is 21.5 Å². The van der Waals surface area contributed by atoms with E-state index in [1.165, 1.54) is 6.07 Å². The molecule has 0 fully saturated rings. The molecule has 3 rings (SSSR count). The average molecular weight is 276 g/mol. The molecule has 1 nitrogen and oxygen atoms in total. The van der Waals surface area contributed by atoms with Crippen LogP contribution in [0.15, 0.2) is 48.5 Å². The van der Waals surface area contributed by atoms with Gasteiger partial charge in [-0.3, -0.25) is 0 Å². The SMILES string of the molecule is OCc1c2ccccc2cc2cccc(C(F)(F)F)c12. The molecule has 0 heterocycles. The van der Waals surface area contributed by atoms with E-state index < -0.39 is 18.3 Å². The highest BCUT2D eigenvalue weighted by molar-refractivity contribution is 6.03. The zero-order valence-electron chi connectivity index (χ0n) is 10.4. The lowest BCUT2D eigenvalue weighted by Crippen LogP contribution is -2.07. The highest BCUT2D eigenvalue weighted by atomic mass is 19.4. The van der Waals surface area contributed by atoms with E-state index in [0.717, 1.165) is 11.5 Å². The Hall–Kier alpha value is -2.07. The van der Waals surface area contributed by atoms with Crippen molar-refractivity contribution in [2.75, 3.05) is 0 Å². The number of rotatable bonds is 1. The van der Waals surface area contributed by atoms with Gasteiger partial charge in [-0.1, -0.05) is 36.4 Å². The molecule has 102 valence electrons. The first-order chi connectivity index (χ1) is 9.52. The maximum atomic E-state index is 13.2. The van der Waals surface area contributed by atoms with Crippen molar-refractivity contribution in [2.24, 2.45) is 0 Å². The van der Waals surface area contributed by atoms with Crippen molar-refractivity contribution >= 4 is 21.5 Å². The summed E-state index contributed by atoms with van der Waals surface area (Å²) < 4.78 is 39.5.